The fourth-order valence-electron chi connectivity index (χ4n) is 4.25. The van der Waals surface area contributed by atoms with E-state index < -0.39 is 0 Å². The normalized spacial score (nSPS) is 12.6. The highest BCUT2D eigenvalue weighted by Crippen LogP contribution is 2.44. The van der Waals surface area contributed by atoms with Gasteiger partial charge in [0.15, 0.2) is 0 Å². The molecule has 0 radical (unpaired) electrons. The van der Waals surface area contributed by atoms with Crippen molar-refractivity contribution in [1.29, 1.82) is 0 Å². The second kappa shape index (κ2) is 6.62. The number of rotatable bonds is 1. The van der Waals surface area contributed by atoms with Crippen molar-refractivity contribution in [2.45, 2.75) is 52.4 Å². The first-order chi connectivity index (χ1) is 13.6. The Labute approximate surface area is 174 Å². The van der Waals surface area contributed by atoms with Crippen LogP contribution in [0.25, 0.3) is 32.7 Å². The van der Waals surface area contributed by atoms with Gasteiger partial charge in [0.1, 0.15) is 5.75 Å². The average molecular weight is 383 g/mol. The minimum atomic E-state index is -0.152. The van der Waals surface area contributed by atoms with Crippen LogP contribution in [0.5, 0.6) is 5.75 Å². The first-order valence-electron chi connectivity index (χ1n) is 10.4. The Balaban J connectivity index is 2.18. The number of benzene rings is 4. The molecule has 0 aliphatic carbocycles. The minimum Gasteiger partial charge on any atom is -0.507 e. The smallest absolute Gasteiger partial charge is 0.123 e. The van der Waals surface area contributed by atoms with E-state index in [4.69, 9.17) is 0 Å². The molecule has 4 aromatic carbocycles. The quantitative estimate of drug-likeness (QED) is 0.331. The molecule has 4 aromatic rings. The maximum atomic E-state index is 11.2. The molecule has 1 heteroatoms. The van der Waals surface area contributed by atoms with Gasteiger partial charge < -0.3 is 5.11 Å². The van der Waals surface area contributed by atoms with Gasteiger partial charge in [0.2, 0.25) is 0 Å². The largest absolute Gasteiger partial charge is 0.507 e. The van der Waals surface area contributed by atoms with Crippen LogP contribution in [0.4, 0.5) is 0 Å². The van der Waals surface area contributed by atoms with Crippen molar-refractivity contribution in [2.24, 2.45) is 0 Å². The van der Waals surface area contributed by atoms with Crippen LogP contribution >= 0.6 is 0 Å². The third-order valence-corrected chi connectivity index (χ3v) is 5.79. The van der Waals surface area contributed by atoms with Gasteiger partial charge in [0.05, 0.1) is 0 Å². The van der Waals surface area contributed by atoms with E-state index in [2.05, 4.69) is 108 Å². The summed E-state index contributed by atoms with van der Waals surface area (Å²) >= 11 is 0. The minimum absolute atomic E-state index is 0.152. The maximum absolute atomic E-state index is 11.2. The van der Waals surface area contributed by atoms with Crippen molar-refractivity contribution < 1.29 is 5.11 Å². The molecule has 0 atom stereocenters. The molecule has 0 unspecified atom stereocenters. The lowest BCUT2D eigenvalue weighted by atomic mass is 9.77. The SMILES string of the molecule is CC(C)(C)c1cc(-c2c3ccccc3cc3ccccc23)cc(C(C)(C)C)c1O. The van der Waals surface area contributed by atoms with E-state index in [1.54, 1.807) is 0 Å². The fourth-order valence-corrected chi connectivity index (χ4v) is 4.25. The number of fused-ring (bicyclic) bond motifs is 2. The number of hydrogen-bond donors (Lipinski definition) is 1. The van der Waals surface area contributed by atoms with Crippen molar-refractivity contribution in [2.75, 3.05) is 0 Å². The third kappa shape index (κ3) is 3.40. The Morgan fingerprint density at radius 1 is 0.586 bits per heavy atom. The molecule has 0 aliphatic rings. The maximum Gasteiger partial charge on any atom is 0.123 e. The first kappa shape index (κ1) is 19.5. The molecule has 0 aliphatic heterocycles. The van der Waals surface area contributed by atoms with Gasteiger partial charge >= 0.3 is 0 Å². The van der Waals surface area contributed by atoms with Crippen molar-refractivity contribution in [3.8, 4) is 16.9 Å². The Bertz CT molecular complexity index is 1130. The lowest BCUT2D eigenvalue weighted by Crippen LogP contribution is -2.17. The van der Waals surface area contributed by atoms with Gasteiger partial charge in [0.25, 0.3) is 0 Å². The summed E-state index contributed by atoms with van der Waals surface area (Å²) in [5, 5.41) is 16.1. The second-order valence-corrected chi connectivity index (χ2v) is 10.1. The molecule has 148 valence electrons. The summed E-state index contributed by atoms with van der Waals surface area (Å²) in [6, 6.07) is 23.8. The Hall–Kier alpha value is -2.80. The molecular weight excluding hydrogens is 352 g/mol. The van der Waals surface area contributed by atoms with Crippen LogP contribution in [0.3, 0.4) is 0 Å². The van der Waals surface area contributed by atoms with Gasteiger partial charge in [-0.2, -0.15) is 0 Å². The number of phenols is 1. The van der Waals surface area contributed by atoms with Crippen LogP contribution in [-0.2, 0) is 10.8 Å². The molecule has 0 bridgehead atoms. The molecule has 29 heavy (non-hydrogen) atoms. The zero-order valence-corrected chi connectivity index (χ0v) is 18.3. The van der Waals surface area contributed by atoms with Crippen molar-refractivity contribution >= 4 is 21.5 Å². The summed E-state index contributed by atoms with van der Waals surface area (Å²) in [6.45, 7) is 13.0. The lowest BCUT2D eigenvalue weighted by Gasteiger charge is -2.28. The van der Waals surface area contributed by atoms with Gasteiger partial charge in [-0.15, -0.1) is 0 Å². The topological polar surface area (TPSA) is 20.2 Å². The molecular formula is C28H30O. The summed E-state index contributed by atoms with van der Waals surface area (Å²) in [5.41, 5.74) is 4.11. The van der Waals surface area contributed by atoms with E-state index in [1.807, 2.05) is 0 Å². The van der Waals surface area contributed by atoms with Crippen LogP contribution in [0.2, 0.25) is 0 Å². The first-order valence-corrected chi connectivity index (χ1v) is 10.4. The van der Waals surface area contributed by atoms with Crippen LogP contribution < -0.4 is 0 Å². The summed E-state index contributed by atoms with van der Waals surface area (Å²) in [7, 11) is 0. The molecule has 0 spiro atoms. The molecule has 0 fully saturated rings. The molecule has 1 N–H and O–H groups in total. The van der Waals surface area contributed by atoms with E-state index in [0.29, 0.717) is 5.75 Å². The highest BCUT2D eigenvalue weighted by Gasteiger charge is 2.27. The van der Waals surface area contributed by atoms with Gasteiger partial charge in [-0.1, -0.05) is 90.1 Å². The van der Waals surface area contributed by atoms with Crippen molar-refractivity contribution in [1.82, 2.24) is 0 Å². The Kier molecular flexibility index (Phi) is 4.46. The van der Waals surface area contributed by atoms with Gasteiger partial charge in [-0.3, -0.25) is 0 Å². The second-order valence-electron chi connectivity index (χ2n) is 10.1. The van der Waals surface area contributed by atoms with E-state index >= 15 is 0 Å². The average Bonchev–Trinajstić information content (AvgIpc) is 2.64. The number of hydrogen-bond acceptors (Lipinski definition) is 1. The zero-order chi connectivity index (χ0) is 21.0. The molecule has 0 amide bonds. The predicted molar refractivity (Wildman–Crippen MR) is 126 cm³/mol. The van der Waals surface area contributed by atoms with Crippen LogP contribution in [0.1, 0.15) is 52.7 Å². The van der Waals surface area contributed by atoms with Crippen molar-refractivity contribution in [3.63, 3.8) is 0 Å². The summed E-state index contributed by atoms with van der Waals surface area (Å²) in [6.07, 6.45) is 0. The van der Waals surface area contributed by atoms with Crippen LogP contribution in [0, 0.1) is 0 Å². The third-order valence-electron chi connectivity index (χ3n) is 5.79. The molecule has 0 saturated heterocycles. The highest BCUT2D eigenvalue weighted by atomic mass is 16.3. The monoisotopic (exact) mass is 382 g/mol. The molecule has 0 heterocycles. The lowest BCUT2D eigenvalue weighted by molar-refractivity contribution is 0.423. The van der Waals surface area contributed by atoms with Gasteiger partial charge in [-0.25, -0.2) is 0 Å². The van der Waals surface area contributed by atoms with Crippen LogP contribution in [-0.4, -0.2) is 5.11 Å². The van der Waals surface area contributed by atoms with Gasteiger partial charge in [-0.05, 0) is 61.7 Å². The molecule has 0 aromatic heterocycles. The highest BCUT2D eigenvalue weighted by molar-refractivity contribution is 6.12. The van der Waals surface area contributed by atoms with E-state index in [9.17, 15) is 5.11 Å². The van der Waals surface area contributed by atoms with Crippen molar-refractivity contribution in [3.05, 3.63) is 77.9 Å². The van der Waals surface area contributed by atoms with E-state index in [0.717, 1.165) is 11.1 Å². The summed E-state index contributed by atoms with van der Waals surface area (Å²) in [4.78, 5) is 0. The Morgan fingerprint density at radius 3 is 1.41 bits per heavy atom. The number of aromatic hydroxyl groups is 1. The standard InChI is InChI=1S/C28H30O/c1-27(2,3)23-16-20(17-24(26(23)29)28(4,5)6)25-21-13-9-7-11-18(21)15-19-12-8-10-14-22(19)25/h7-17,29H,1-6H3. The molecule has 1 nitrogen and oxygen atoms in total. The molecule has 0 saturated carbocycles. The predicted octanol–water partition coefficient (Wildman–Crippen LogP) is 7.96. The van der Waals surface area contributed by atoms with E-state index in [1.165, 1.54) is 32.7 Å². The van der Waals surface area contributed by atoms with E-state index in [-0.39, 0.29) is 10.8 Å². The Morgan fingerprint density at radius 2 is 1.00 bits per heavy atom. The molecule has 4 rings (SSSR count). The van der Waals surface area contributed by atoms with Crippen LogP contribution in [0.15, 0.2) is 66.7 Å². The van der Waals surface area contributed by atoms with Gasteiger partial charge in [0, 0.05) is 11.1 Å². The fraction of sp³-hybridized carbons (Fsp3) is 0.286. The summed E-state index contributed by atoms with van der Waals surface area (Å²) in [5.74, 6) is 0.429. The summed E-state index contributed by atoms with van der Waals surface area (Å²) < 4.78 is 0. The zero-order valence-electron chi connectivity index (χ0n) is 18.3. The number of phenolic OH excluding ortho intramolecular Hbond substituents is 1.